The van der Waals surface area contributed by atoms with Gasteiger partial charge in [0.1, 0.15) is 17.1 Å². The Kier molecular flexibility index (Phi) is 6.43. The van der Waals surface area contributed by atoms with Crippen LogP contribution in [0.25, 0.3) is 22.2 Å². The van der Waals surface area contributed by atoms with Crippen molar-refractivity contribution in [1.82, 2.24) is 14.5 Å². The van der Waals surface area contributed by atoms with Crippen molar-refractivity contribution in [3.63, 3.8) is 0 Å². The number of imidazole rings is 1. The van der Waals surface area contributed by atoms with E-state index in [-0.39, 0.29) is 35.0 Å². The van der Waals surface area contributed by atoms with E-state index in [1.807, 2.05) is 37.5 Å². The van der Waals surface area contributed by atoms with Crippen molar-refractivity contribution < 1.29 is 14.0 Å². The number of Topliss-reactive ketones (excluding diaryl/α,β-unsaturated/α-hetero) is 1. The summed E-state index contributed by atoms with van der Waals surface area (Å²) in [5, 5.41) is 3.00. The number of fused-ring (bicyclic) bond motifs is 1. The number of aryl methyl sites for hydroxylation is 1. The van der Waals surface area contributed by atoms with Crippen LogP contribution in [0.3, 0.4) is 0 Å². The van der Waals surface area contributed by atoms with Crippen LogP contribution in [0.4, 0.5) is 10.2 Å². The second-order valence-electron chi connectivity index (χ2n) is 11.4. The van der Waals surface area contributed by atoms with Crippen LogP contribution in [0.2, 0.25) is 0 Å². The molecule has 2 aromatic heterocycles. The van der Waals surface area contributed by atoms with Crippen molar-refractivity contribution in [2.24, 2.45) is 17.3 Å². The Morgan fingerprint density at radius 2 is 1.97 bits per heavy atom. The van der Waals surface area contributed by atoms with Crippen LogP contribution < -0.4 is 5.32 Å². The predicted octanol–water partition coefficient (Wildman–Crippen LogP) is 6.63. The first-order valence-electron chi connectivity index (χ1n) is 13.1. The molecular formula is C29H35FN4O2. The molecule has 6 nitrogen and oxygen atoms in total. The van der Waals surface area contributed by atoms with Crippen molar-refractivity contribution >= 4 is 28.5 Å². The minimum Gasteiger partial charge on any atom is -0.328 e. The van der Waals surface area contributed by atoms with E-state index in [0.29, 0.717) is 23.5 Å². The third kappa shape index (κ3) is 4.80. The summed E-state index contributed by atoms with van der Waals surface area (Å²) in [4.78, 5) is 34.4. The molecule has 36 heavy (non-hydrogen) atoms. The predicted molar refractivity (Wildman–Crippen MR) is 139 cm³/mol. The molecule has 0 aliphatic heterocycles. The number of anilines is 1. The molecule has 1 aromatic carbocycles. The van der Waals surface area contributed by atoms with E-state index < -0.39 is 0 Å². The van der Waals surface area contributed by atoms with Gasteiger partial charge in [0.05, 0.1) is 11.8 Å². The fourth-order valence-electron chi connectivity index (χ4n) is 5.48. The number of hydrogen-bond donors (Lipinski definition) is 1. The largest absolute Gasteiger partial charge is 0.328 e. The van der Waals surface area contributed by atoms with Crippen LogP contribution in [-0.2, 0) is 9.59 Å². The van der Waals surface area contributed by atoms with Crippen molar-refractivity contribution in [2.75, 3.05) is 5.32 Å². The molecule has 2 saturated carbocycles. The normalized spacial score (nSPS) is 21.1. The van der Waals surface area contributed by atoms with Crippen LogP contribution in [0.1, 0.15) is 77.3 Å². The molecule has 0 radical (unpaired) electrons. The summed E-state index contributed by atoms with van der Waals surface area (Å²) >= 11 is 0. The number of carbonyl (C=O) groups is 2. The van der Waals surface area contributed by atoms with Gasteiger partial charge in [-0.3, -0.25) is 9.59 Å². The minimum absolute atomic E-state index is 0.0494. The first-order valence-corrected chi connectivity index (χ1v) is 13.1. The lowest BCUT2D eigenvalue weighted by molar-refractivity contribution is -0.126. The Morgan fingerprint density at radius 3 is 2.69 bits per heavy atom. The highest BCUT2D eigenvalue weighted by atomic mass is 19.1. The van der Waals surface area contributed by atoms with Crippen LogP contribution in [0.15, 0.2) is 30.7 Å². The average molecular weight is 491 g/mol. The van der Waals surface area contributed by atoms with Crippen LogP contribution >= 0.6 is 0 Å². The highest BCUT2D eigenvalue weighted by Gasteiger charge is 2.45. The zero-order valence-corrected chi connectivity index (χ0v) is 21.6. The van der Waals surface area contributed by atoms with E-state index >= 15 is 0 Å². The van der Waals surface area contributed by atoms with Gasteiger partial charge in [-0.2, -0.15) is 0 Å². The Morgan fingerprint density at radius 1 is 1.19 bits per heavy atom. The van der Waals surface area contributed by atoms with E-state index in [4.69, 9.17) is 0 Å². The summed E-state index contributed by atoms with van der Waals surface area (Å²) in [7, 11) is 0. The maximum absolute atomic E-state index is 14.9. The van der Waals surface area contributed by atoms with Gasteiger partial charge in [-0.1, -0.05) is 13.3 Å². The molecule has 2 aliphatic rings. The second kappa shape index (κ2) is 9.41. The Balaban J connectivity index is 1.33. The van der Waals surface area contributed by atoms with Gasteiger partial charge in [0.2, 0.25) is 5.91 Å². The number of pyridine rings is 1. The molecule has 7 heteroatoms. The van der Waals surface area contributed by atoms with Gasteiger partial charge in [0, 0.05) is 30.0 Å². The molecule has 1 amide bonds. The molecule has 0 saturated heterocycles. The number of carbonyl (C=O) groups excluding carboxylic acids is 2. The first-order chi connectivity index (χ1) is 17.1. The van der Waals surface area contributed by atoms with Crippen molar-refractivity contribution in [1.29, 1.82) is 0 Å². The smallest absolute Gasteiger partial charge is 0.228 e. The van der Waals surface area contributed by atoms with Crippen LogP contribution in [-0.4, -0.2) is 26.2 Å². The first kappa shape index (κ1) is 24.6. The van der Waals surface area contributed by atoms with Gasteiger partial charge >= 0.3 is 0 Å². The summed E-state index contributed by atoms with van der Waals surface area (Å²) < 4.78 is 16.9. The monoisotopic (exact) mass is 490 g/mol. The van der Waals surface area contributed by atoms with Gasteiger partial charge in [-0.05, 0) is 93.7 Å². The molecule has 1 N–H and O–H groups in total. The van der Waals surface area contributed by atoms with Crippen molar-refractivity contribution in [3.8, 4) is 11.1 Å². The summed E-state index contributed by atoms with van der Waals surface area (Å²) in [6.45, 7) is 8.06. The lowest BCUT2D eigenvalue weighted by Gasteiger charge is -2.28. The minimum atomic E-state index is -0.369. The van der Waals surface area contributed by atoms with Crippen molar-refractivity contribution in [2.45, 2.75) is 78.7 Å². The third-order valence-electron chi connectivity index (χ3n) is 8.16. The summed E-state index contributed by atoms with van der Waals surface area (Å²) in [6, 6.07) is 5.42. The van der Waals surface area contributed by atoms with Crippen LogP contribution in [0, 0.1) is 30.0 Å². The number of halogens is 1. The number of aromatic nitrogens is 3. The maximum atomic E-state index is 14.9. The molecule has 190 valence electrons. The molecular weight excluding hydrogens is 455 g/mol. The van der Waals surface area contributed by atoms with Crippen molar-refractivity contribution in [3.05, 3.63) is 42.1 Å². The number of benzene rings is 1. The molecule has 2 fully saturated rings. The van der Waals surface area contributed by atoms with E-state index in [1.54, 1.807) is 12.5 Å². The number of hydrogen-bond acceptors (Lipinski definition) is 4. The second-order valence-corrected chi connectivity index (χ2v) is 11.4. The highest BCUT2D eigenvalue weighted by molar-refractivity contribution is 5.93. The molecule has 3 aromatic rings. The number of ketones is 1. The maximum Gasteiger partial charge on any atom is 0.228 e. The topological polar surface area (TPSA) is 76.9 Å². The van der Waals surface area contributed by atoms with E-state index in [1.165, 1.54) is 6.07 Å². The molecule has 0 spiro atoms. The summed E-state index contributed by atoms with van der Waals surface area (Å²) in [6.07, 6.45) is 9.52. The molecule has 5 rings (SSSR count). The molecule has 0 bridgehead atoms. The third-order valence-corrected chi connectivity index (χ3v) is 8.16. The van der Waals surface area contributed by atoms with E-state index in [2.05, 4.69) is 22.2 Å². The lowest BCUT2D eigenvalue weighted by Crippen LogP contribution is -2.30. The quantitative estimate of drug-likeness (QED) is 0.403. The average Bonchev–Trinajstić information content (AvgIpc) is 3.44. The molecule has 0 unspecified atom stereocenters. The van der Waals surface area contributed by atoms with Crippen LogP contribution in [0.5, 0.6) is 0 Å². The molecule has 2 aliphatic carbocycles. The van der Waals surface area contributed by atoms with Gasteiger partial charge in [-0.25, -0.2) is 14.4 Å². The van der Waals surface area contributed by atoms with Gasteiger partial charge in [0.25, 0.3) is 0 Å². The summed E-state index contributed by atoms with van der Waals surface area (Å²) in [5.41, 5.74) is 3.43. The fourth-order valence-corrected chi connectivity index (χ4v) is 5.48. The highest BCUT2D eigenvalue weighted by Crippen LogP contribution is 2.48. The number of nitrogens with zero attached hydrogens (tertiary/aromatic N) is 3. The molecule has 2 atom stereocenters. The van der Waals surface area contributed by atoms with E-state index in [9.17, 15) is 14.0 Å². The SMILES string of the molecule is Cc1cnc(NC(=O)[C@H]2CCC[C@@H](CC(=O)C3(C)CC3)C2)cc1-c1cc(F)c2ncn(C(C)C)c2c1. The summed E-state index contributed by atoms with van der Waals surface area (Å²) in [5.74, 6) is 0.563. The fraction of sp³-hybridized carbons (Fsp3) is 0.517. The van der Waals surface area contributed by atoms with Gasteiger partial charge in [0.15, 0.2) is 5.82 Å². The zero-order chi connectivity index (χ0) is 25.6. The standard InChI is InChI=1S/C29H35FN4O2/c1-17(2)34-16-32-27-23(30)12-21(13-24(27)34)22-14-26(31-15-18(22)3)33-28(36)20-7-5-6-19(10-20)11-25(35)29(4)8-9-29/h12-17,19-20H,5-11H2,1-4H3,(H,31,33,36)/t19-,20+/m1/s1. The Bertz CT molecular complexity index is 1320. The number of amides is 1. The molecule has 2 heterocycles. The number of rotatable bonds is 7. The van der Waals surface area contributed by atoms with E-state index in [0.717, 1.165) is 60.7 Å². The number of nitrogens with one attached hydrogen (secondary N) is 1. The zero-order valence-electron chi connectivity index (χ0n) is 21.6. The van der Waals surface area contributed by atoms with Gasteiger partial charge in [-0.15, -0.1) is 0 Å². The van der Waals surface area contributed by atoms with Gasteiger partial charge < -0.3 is 9.88 Å². The Labute approximate surface area is 211 Å². The lowest BCUT2D eigenvalue weighted by atomic mass is 9.77. The Hall–Kier alpha value is -3.09.